The topological polar surface area (TPSA) is 87.0 Å². The maximum atomic E-state index is 12.0. The first-order valence-corrected chi connectivity index (χ1v) is 6.61. The van der Waals surface area contributed by atoms with E-state index in [1.165, 1.54) is 4.90 Å². The number of nitrogens with two attached hydrogens (primary N) is 1. The number of piperazine rings is 1. The second-order valence-electron chi connectivity index (χ2n) is 4.47. The molecule has 2 N–H and O–H groups in total. The van der Waals surface area contributed by atoms with Gasteiger partial charge in [0.15, 0.2) is 0 Å². The molecule has 0 radical (unpaired) electrons. The third-order valence-electron chi connectivity index (χ3n) is 3.28. The van der Waals surface area contributed by atoms with Crippen LogP contribution in [0.2, 0.25) is 0 Å². The lowest BCUT2D eigenvalue weighted by Crippen LogP contribution is -2.53. The van der Waals surface area contributed by atoms with Crippen LogP contribution in [-0.2, 0) is 14.4 Å². The summed E-state index contributed by atoms with van der Waals surface area (Å²) < 4.78 is 0. The number of carbonyl (C=O) groups excluding carboxylic acids is 3. The predicted molar refractivity (Wildman–Crippen MR) is 70.1 cm³/mol. The van der Waals surface area contributed by atoms with Crippen molar-refractivity contribution in [3.8, 4) is 0 Å². The van der Waals surface area contributed by atoms with Gasteiger partial charge in [-0.25, -0.2) is 0 Å². The van der Waals surface area contributed by atoms with Crippen LogP contribution in [0.3, 0.4) is 0 Å². The minimum absolute atomic E-state index is 0.194. The molecule has 0 aromatic rings. The van der Waals surface area contributed by atoms with Gasteiger partial charge in [0.2, 0.25) is 6.41 Å². The van der Waals surface area contributed by atoms with Gasteiger partial charge in [-0.1, -0.05) is 6.92 Å². The van der Waals surface area contributed by atoms with Gasteiger partial charge < -0.3 is 15.5 Å². The van der Waals surface area contributed by atoms with Crippen molar-refractivity contribution in [1.29, 1.82) is 0 Å². The molecule has 1 fully saturated rings. The maximum absolute atomic E-state index is 12.0. The quantitative estimate of drug-likeness (QED) is 0.484. The van der Waals surface area contributed by atoms with Crippen LogP contribution < -0.4 is 5.73 Å². The van der Waals surface area contributed by atoms with Crippen LogP contribution in [0, 0.1) is 0 Å². The molecule has 0 aliphatic carbocycles. The lowest BCUT2D eigenvalue weighted by Gasteiger charge is -2.34. The lowest BCUT2D eigenvalue weighted by molar-refractivity contribution is -0.154. The van der Waals surface area contributed by atoms with Crippen molar-refractivity contribution in [3.05, 3.63) is 0 Å². The summed E-state index contributed by atoms with van der Waals surface area (Å²) in [4.78, 5) is 39.3. The van der Waals surface area contributed by atoms with Gasteiger partial charge in [0.25, 0.3) is 0 Å². The molecule has 0 bridgehead atoms. The largest absolute Gasteiger partial charge is 0.332 e. The van der Waals surface area contributed by atoms with Gasteiger partial charge in [-0.3, -0.25) is 19.3 Å². The second-order valence-corrected chi connectivity index (χ2v) is 4.47. The van der Waals surface area contributed by atoms with E-state index in [9.17, 15) is 14.4 Å². The maximum Gasteiger partial charge on any atom is 0.318 e. The molecular weight excluding hydrogens is 248 g/mol. The number of amides is 3. The molecule has 108 valence electrons. The normalized spacial score (nSPS) is 16.2. The Morgan fingerprint density at radius 1 is 1.26 bits per heavy atom. The first kappa shape index (κ1) is 15.6. The van der Waals surface area contributed by atoms with E-state index < -0.39 is 11.8 Å². The Hall–Kier alpha value is -1.47. The van der Waals surface area contributed by atoms with Gasteiger partial charge in [0.05, 0.1) is 0 Å². The first-order chi connectivity index (χ1) is 9.13. The molecule has 0 aromatic heterocycles. The molecule has 1 aliphatic heterocycles. The van der Waals surface area contributed by atoms with E-state index in [1.54, 1.807) is 0 Å². The van der Waals surface area contributed by atoms with E-state index in [-0.39, 0.29) is 6.54 Å². The Kier molecular flexibility index (Phi) is 6.44. The molecule has 1 aliphatic rings. The molecule has 7 heteroatoms. The van der Waals surface area contributed by atoms with Gasteiger partial charge in [-0.2, -0.15) is 0 Å². The van der Waals surface area contributed by atoms with Crippen LogP contribution in [0.1, 0.15) is 13.3 Å². The van der Waals surface area contributed by atoms with Crippen LogP contribution in [0.15, 0.2) is 0 Å². The van der Waals surface area contributed by atoms with Crippen LogP contribution >= 0.6 is 0 Å². The highest BCUT2D eigenvalue weighted by Crippen LogP contribution is 2.03. The zero-order valence-corrected chi connectivity index (χ0v) is 11.4. The van der Waals surface area contributed by atoms with Crippen molar-refractivity contribution >= 4 is 18.2 Å². The summed E-state index contributed by atoms with van der Waals surface area (Å²) in [6, 6.07) is 0. The van der Waals surface area contributed by atoms with Crippen molar-refractivity contribution in [2.75, 3.05) is 45.8 Å². The van der Waals surface area contributed by atoms with Crippen LogP contribution in [0.4, 0.5) is 0 Å². The molecule has 0 aromatic carbocycles. The average molecular weight is 270 g/mol. The zero-order valence-electron chi connectivity index (χ0n) is 11.4. The molecule has 7 nitrogen and oxygen atoms in total. The monoisotopic (exact) mass is 270 g/mol. The van der Waals surface area contributed by atoms with Crippen molar-refractivity contribution < 1.29 is 14.4 Å². The smallest absolute Gasteiger partial charge is 0.318 e. The van der Waals surface area contributed by atoms with E-state index in [2.05, 4.69) is 11.8 Å². The van der Waals surface area contributed by atoms with E-state index >= 15 is 0 Å². The molecule has 1 heterocycles. The highest BCUT2D eigenvalue weighted by Gasteiger charge is 2.28. The Morgan fingerprint density at radius 2 is 1.89 bits per heavy atom. The highest BCUT2D eigenvalue weighted by molar-refractivity contribution is 6.36. The average Bonchev–Trinajstić information content (AvgIpc) is 2.47. The zero-order chi connectivity index (χ0) is 14.3. The summed E-state index contributed by atoms with van der Waals surface area (Å²) in [5.74, 6) is -1.35. The third kappa shape index (κ3) is 4.29. The summed E-state index contributed by atoms with van der Waals surface area (Å²) in [5, 5.41) is 0. The first-order valence-electron chi connectivity index (χ1n) is 6.61. The van der Waals surface area contributed by atoms with Gasteiger partial charge in [0, 0.05) is 32.7 Å². The SMILES string of the molecule is CCN1CCN(C(=O)C(=O)N(C=O)CCCN)CC1. The lowest BCUT2D eigenvalue weighted by atomic mass is 10.3. The van der Waals surface area contributed by atoms with E-state index in [0.29, 0.717) is 32.5 Å². The summed E-state index contributed by atoms with van der Waals surface area (Å²) in [7, 11) is 0. The van der Waals surface area contributed by atoms with E-state index in [1.807, 2.05) is 0 Å². The second kappa shape index (κ2) is 7.85. The molecule has 0 atom stereocenters. The number of imide groups is 1. The van der Waals surface area contributed by atoms with Gasteiger partial charge >= 0.3 is 11.8 Å². The van der Waals surface area contributed by atoms with E-state index in [4.69, 9.17) is 5.73 Å². The number of hydrogen-bond acceptors (Lipinski definition) is 5. The fourth-order valence-corrected chi connectivity index (χ4v) is 1.99. The molecule has 1 rings (SSSR count). The number of carbonyl (C=O) groups is 3. The van der Waals surface area contributed by atoms with Crippen LogP contribution in [0.25, 0.3) is 0 Å². The fraction of sp³-hybridized carbons (Fsp3) is 0.750. The molecule has 3 amide bonds. The molecule has 0 saturated carbocycles. The Morgan fingerprint density at radius 3 is 2.37 bits per heavy atom. The van der Waals surface area contributed by atoms with Crippen LogP contribution in [-0.4, -0.2) is 78.7 Å². The van der Waals surface area contributed by atoms with Gasteiger partial charge in [-0.15, -0.1) is 0 Å². The summed E-state index contributed by atoms with van der Waals surface area (Å²) in [5.41, 5.74) is 5.33. The number of likely N-dealkylation sites (N-methyl/N-ethyl adjacent to an activating group) is 1. The van der Waals surface area contributed by atoms with E-state index in [0.717, 1.165) is 24.5 Å². The number of hydrogen-bond donors (Lipinski definition) is 1. The number of nitrogens with zero attached hydrogens (tertiary/aromatic N) is 3. The Labute approximate surface area is 113 Å². The minimum atomic E-state index is -0.756. The Bertz CT molecular complexity index is 327. The van der Waals surface area contributed by atoms with Gasteiger partial charge in [0.1, 0.15) is 0 Å². The summed E-state index contributed by atoms with van der Waals surface area (Å²) in [6.45, 7) is 6.15. The predicted octanol–water partition coefficient (Wildman–Crippen LogP) is -1.52. The molecule has 0 spiro atoms. The summed E-state index contributed by atoms with van der Waals surface area (Å²) in [6.07, 6.45) is 0.902. The van der Waals surface area contributed by atoms with Gasteiger partial charge in [-0.05, 0) is 19.5 Å². The Balaban J connectivity index is 2.51. The highest BCUT2D eigenvalue weighted by atomic mass is 16.2. The fourth-order valence-electron chi connectivity index (χ4n) is 1.99. The molecular formula is C12H22N4O3. The molecule has 0 unspecified atom stereocenters. The molecule has 19 heavy (non-hydrogen) atoms. The summed E-state index contributed by atoms with van der Waals surface area (Å²) >= 11 is 0. The number of rotatable bonds is 5. The minimum Gasteiger partial charge on any atom is -0.332 e. The van der Waals surface area contributed by atoms with Crippen molar-refractivity contribution in [1.82, 2.24) is 14.7 Å². The standard InChI is InChI=1S/C12H22N4O3/c1-2-14-6-8-15(9-7-14)11(18)12(19)16(10-17)5-3-4-13/h10H,2-9,13H2,1H3. The van der Waals surface area contributed by atoms with Crippen molar-refractivity contribution in [2.45, 2.75) is 13.3 Å². The van der Waals surface area contributed by atoms with Crippen molar-refractivity contribution in [2.24, 2.45) is 5.73 Å². The third-order valence-corrected chi connectivity index (χ3v) is 3.28. The van der Waals surface area contributed by atoms with Crippen LogP contribution in [0.5, 0.6) is 0 Å². The van der Waals surface area contributed by atoms with Crippen molar-refractivity contribution in [3.63, 3.8) is 0 Å². The molecule has 1 saturated heterocycles.